The highest BCUT2D eigenvalue weighted by molar-refractivity contribution is 9.11. The highest BCUT2D eigenvalue weighted by Crippen LogP contribution is 2.24. The molecule has 1 aromatic rings. The third kappa shape index (κ3) is 3.76. The molecule has 2 rings (SSSR count). The van der Waals surface area contributed by atoms with Gasteiger partial charge in [-0.2, -0.15) is 0 Å². The van der Waals surface area contributed by atoms with E-state index in [1.165, 1.54) is 12.8 Å². The summed E-state index contributed by atoms with van der Waals surface area (Å²) in [6, 6.07) is 2.38. The topological polar surface area (TPSA) is 42.1 Å². The van der Waals surface area contributed by atoms with E-state index in [9.17, 15) is 0 Å². The Hall–Kier alpha value is 0.0300. The van der Waals surface area contributed by atoms with Crippen LogP contribution in [0, 0.1) is 5.92 Å². The molecule has 0 radical (unpaired) electrons. The fraction of sp³-hybridized carbons (Fsp3) is 0.615. The van der Waals surface area contributed by atoms with E-state index in [1.54, 1.807) is 0 Å². The van der Waals surface area contributed by atoms with Gasteiger partial charge in [-0.25, -0.2) is 0 Å². The second-order valence-corrected chi connectivity index (χ2v) is 6.82. The van der Waals surface area contributed by atoms with Gasteiger partial charge in [-0.05, 0) is 76.7 Å². The van der Waals surface area contributed by atoms with Crippen molar-refractivity contribution in [3.8, 4) is 0 Å². The maximum atomic E-state index is 5.96. The number of hydrogen-bond donors (Lipinski definition) is 1. The fourth-order valence-electron chi connectivity index (χ4n) is 2.41. The lowest BCUT2D eigenvalue weighted by molar-refractivity contribution is 0.164. The van der Waals surface area contributed by atoms with Crippen molar-refractivity contribution >= 4 is 31.9 Å². The molecule has 0 saturated carbocycles. The van der Waals surface area contributed by atoms with Crippen LogP contribution in [0.1, 0.15) is 25.5 Å². The van der Waals surface area contributed by atoms with Crippen LogP contribution in [0.25, 0.3) is 0 Å². The SMILES string of the molecule is CC(N)C1CCN(Cc2ncc(Br)cc2Br)CC1. The Kier molecular flexibility index (Phi) is 5.18. The number of piperidine rings is 1. The quantitative estimate of drug-likeness (QED) is 0.880. The molecule has 1 unspecified atom stereocenters. The number of rotatable bonds is 3. The zero-order valence-corrected chi connectivity index (χ0v) is 13.7. The zero-order valence-electron chi connectivity index (χ0n) is 10.6. The number of hydrogen-bond acceptors (Lipinski definition) is 3. The summed E-state index contributed by atoms with van der Waals surface area (Å²) in [6.45, 7) is 5.28. The van der Waals surface area contributed by atoms with E-state index >= 15 is 0 Å². The van der Waals surface area contributed by atoms with Crippen molar-refractivity contribution in [2.45, 2.75) is 32.4 Å². The summed E-state index contributed by atoms with van der Waals surface area (Å²) in [7, 11) is 0. The van der Waals surface area contributed by atoms with Crippen molar-refractivity contribution in [3.05, 3.63) is 26.9 Å². The van der Waals surface area contributed by atoms with Crippen LogP contribution in [-0.2, 0) is 6.54 Å². The summed E-state index contributed by atoms with van der Waals surface area (Å²) in [5, 5.41) is 0. The third-order valence-corrected chi connectivity index (χ3v) is 4.75. The van der Waals surface area contributed by atoms with Gasteiger partial charge in [0.15, 0.2) is 0 Å². The van der Waals surface area contributed by atoms with Crippen molar-refractivity contribution in [1.29, 1.82) is 0 Å². The first-order valence-electron chi connectivity index (χ1n) is 6.34. The van der Waals surface area contributed by atoms with E-state index in [-0.39, 0.29) is 0 Å². The number of pyridine rings is 1. The minimum absolute atomic E-state index is 0.324. The number of aromatic nitrogens is 1. The highest BCUT2D eigenvalue weighted by atomic mass is 79.9. The van der Waals surface area contributed by atoms with E-state index in [1.807, 2.05) is 6.20 Å². The summed E-state index contributed by atoms with van der Waals surface area (Å²) in [4.78, 5) is 6.92. The molecule has 0 amide bonds. The molecule has 1 aliphatic rings. The largest absolute Gasteiger partial charge is 0.328 e. The Bertz CT molecular complexity index is 401. The number of likely N-dealkylation sites (tertiary alicyclic amines) is 1. The first kappa shape index (κ1) is 14.4. The maximum absolute atomic E-state index is 5.96. The van der Waals surface area contributed by atoms with Crippen molar-refractivity contribution in [3.63, 3.8) is 0 Å². The summed E-state index contributed by atoms with van der Waals surface area (Å²) in [5.41, 5.74) is 7.07. The minimum atomic E-state index is 0.324. The minimum Gasteiger partial charge on any atom is -0.328 e. The molecule has 1 aliphatic heterocycles. The summed E-state index contributed by atoms with van der Waals surface area (Å²) in [5.74, 6) is 0.683. The Morgan fingerprint density at radius 2 is 2.11 bits per heavy atom. The Morgan fingerprint density at radius 1 is 1.44 bits per heavy atom. The molecule has 0 bridgehead atoms. The fourth-order valence-corrected chi connectivity index (χ4v) is 3.52. The molecule has 100 valence electrons. The molecule has 5 heteroatoms. The van der Waals surface area contributed by atoms with Crippen LogP contribution >= 0.6 is 31.9 Å². The van der Waals surface area contributed by atoms with Gasteiger partial charge in [0, 0.05) is 27.7 Å². The molecule has 18 heavy (non-hydrogen) atoms. The maximum Gasteiger partial charge on any atom is 0.0686 e. The van der Waals surface area contributed by atoms with Gasteiger partial charge in [-0.1, -0.05) is 0 Å². The van der Waals surface area contributed by atoms with Crippen LogP contribution in [0.4, 0.5) is 0 Å². The molecule has 1 aromatic heterocycles. The van der Waals surface area contributed by atoms with Gasteiger partial charge in [0.25, 0.3) is 0 Å². The highest BCUT2D eigenvalue weighted by Gasteiger charge is 2.22. The third-order valence-electron chi connectivity index (χ3n) is 3.63. The number of nitrogens with two attached hydrogens (primary N) is 1. The van der Waals surface area contributed by atoms with Gasteiger partial charge in [0.05, 0.1) is 5.69 Å². The second-order valence-electron chi connectivity index (χ2n) is 5.05. The van der Waals surface area contributed by atoms with Gasteiger partial charge < -0.3 is 5.73 Å². The Morgan fingerprint density at radius 3 is 2.67 bits per heavy atom. The summed E-state index contributed by atoms with van der Waals surface area (Å²) < 4.78 is 2.08. The van der Waals surface area contributed by atoms with Crippen LogP contribution in [-0.4, -0.2) is 29.0 Å². The van der Waals surface area contributed by atoms with E-state index in [2.05, 4.69) is 54.7 Å². The van der Waals surface area contributed by atoms with Gasteiger partial charge >= 0.3 is 0 Å². The predicted octanol–water partition coefficient (Wildman–Crippen LogP) is 3.17. The molecule has 2 heterocycles. The molecule has 2 N–H and O–H groups in total. The van der Waals surface area contributed by atoms with Crippen molar-refractivity contribution < 1.29 is 0 Å². The smallest absolute Gasteiger partial charge is 0.0686 e. The van der Waals surface area contributed by atoms with Crippen molar-refractivity contribution in [1.82, 2.24) is 9.88 Å². The molecule has 3 nitrogen and oxygen atoms in total. The van der Waals surface area contributed by atoms with Crippen molar-refractivity contribution in [2.24, 2.45) is 11.7 Å². The van der Waals surface area contributed by atoms with Crippen LogP contribution in [0.5, 0.6) is 0 Å². The molecular weight excluding hydrogens is 358 g/mol. The first-order valence-corrected chi connectivity index (χ1v) is 7.92. The van der Waals surface area contributed by atoms with Gasteiger partial charge in [-0.3, -0.25) is 9.88 Å². The monoisotopic (exact) mass is 375 g/mol. The average molecular weight is 377 g/mol. The van der Waals surface area contributed by atoms with Gasteiger partial charge in [0.2, 0.25) is 0 Å². The zero-order chi connectivity index (χ0) is 13.1. The number of halogens is 2. The van der Waals surface area contributed by atoms with E-state index < -0.39 is 0 Å². The molecule has 1 fully saturated rings. The standard InChI is InChI=1S/C13H19Br2N3/c1-9(16)10-2-4-18(5-3-10)8-13-12(15)6-11(14)7-17-13/h6-7,9-10H,2-5,8,16H2,1H3. The number of nitrogens with zero attached hydrogens (tertiary/aromatic N) is 2. The predicted molar refractivity (Wildman–Crippen MR) is 81.3 cm³/mol. The van der Waals surface area contributed by atoms with Crippen LogP contribution in [0.2, 0.25) is 0 Å². The van der Waals surface area contributed by atoms with Crippen LogP contribution in [0.3, 0.4) is 0 Å². The average Bonchev–Trinajstić information content (AvgIpc) is 2.33. The van der Waals surface area contributed by atoms with Crippen LogP contribution in [0.15, 0.2) is 21.2 Å². The summed E-state index contributed by atoms with van der Waals surface area (Å²) >= 11 is 7.00. The molecule has 0 aromatic carbocycles. The Labute approximate surface area is 125 Å². The van der Waals surface area contributed by atoms with E-state index in [0.717, 1.165) is 34.3 Å². The lowest BCUT2D eigenvalue weighted by atomic mass is 9.91. The van der Waals surface area contributed by atoms with Gasteiger partial charge in [-0.15, -0.1) is 0 Å². The van der Waals surface area contributed by atoms with Gasteiger partial charge in [0.1, 0.15) is 0 Å². The molecule has 0 aliphatic carbocycles. The van der Waals surface area contributed by atoms with E-state index in [0.29, 0.717) is 12.0 Å². The summed E-state index contributed by atoms with van der Waals surface area (Å²) in [6.07, 6.45) is 4.26. The second kappa shape index (κ2) is 6.46. The van der Waals surface area contributed by atoms with Crippen LogP contribution < -0.4 is 5.73 Å². The lowest BCUT2D eigenvalue weighted by Gasteiger charge is -2.33. The molecule has 1 saturated heterocycles. The molecule has 0 spiro atoms. The Balaban J connectivity index is 1.91. The van der Waals surface area contributed by atoms with E-state index in [4.69, 9.17) is 5.73 Å². The molecular formula is C13H19Br2N3. The first-order chi connectivity index (χ1) is 8.56. The van der Waals surface area contributed by atoms with Crippen molar-refractivity contribution in [2.75, 3.05) is 13.1 Å². The molecule has 1 atom stereocenters. The normalized spacial score (nSPS) is 20.0. The lowest BCUT2D eigenvalue weighted by Crippen LogP contribution is -2.39.